The number of hydrogen-bond donors (Lipinski definition) is 1. The Labute approximate surface area is 134 Å². The molecule has 2 heterocycles. The summed E-state index contributed by atoms with van der Waals surface area (Å²) in [7, 11) is 0. The molecule has 0 saturated carbocycles. The van der Waals surface area contributed by atoms with Crippen molar-refractivity contribution in [2.24, 2.45) is 5.92 Å². The molecular weight excluding hydrogens is 294 g/mol. The number of aromatic nitrogens is 2. The summed E-state index contributed by atoms with van der Waals surface area (Å²) in [5.74, 6) is -0.0438. The van der Waals surface area contributed by atoms with E-state index >= 15 is 0 Å². The highest BCUT2D eigenvalue weighted by Gasteiger charge is 2.29. The maximum absolute atomic E-state index is 12.0. The van der Waals surface area contributed by atoms with Gasteiger partial charge in [0.1, 0.15) is 12.4 Å². The van der Waals surface area contributed by atoms with E-state index in [1.54, 1.807) is 6.20 Å². The van der Waals surface area contributed by atoms with E-state index in [0.29, 0.717) is 6.54 Å². The van der Waals surface area contributed by atoms with Crippen LogP contribution in [0.4, 0.5) is 0 Å². The van der Waals surface area contributed by atoms with Gasteiger partial charge in [-0.2, -0.15) is 0 Å². The van der Waals surface area contributed by atoms with E-state index in [0.717, 1.165) is 18.8 Å². The first-order chi connectivity index (χ1) is 11.2. The van der Waals surface area contributed by atoms with Crippen LogP contribution in [0.25, 0.3) is 0 Å². The number of esters is 1. The highest BCUT2D eigenvalue weighted by molar-refractivity contribution is 5.85. The molecule has 3 rings (SSSR count). The molecular formula is C17H19N3O3. The first kappa shape index (κ1) is 15.3. The summed E-state index contributed by atoms with van der Waals surface area (Å²) >= 11 is 0. The number of ether oxygens (including phenoxy) is 1. The van der Waals surface area contributed by atoms with Crippen LogP contribution in [0, 0.1) is 5.92 Å². The largest absolute Gasteiger partial charge is 0.465 e. The van der Waals surface area contributed by atoms with Crippen LogP contribution in [0.1, 0.15) is 17.8 Å². The lowest BCUT2D eigenvalue weighted by Gasteiger charge is -2.11. The van der Waals surface area contributed by atoms with Crippen molar-refractivity contribution in [1.82, 2.24) is 14.9 Å². The summed E-state index contributed by atoms with van der Waals surface area (Å²) in [6.07, 6.45) is 4.71. The number of amides is 1. The molecule has 1 amide bonds. The number of hydrogen-bond acceptors (Lipinski definition) is 4. The normalized spacial score (nSPS) is 17.0. The summed E-state index contributed by atoms with van der Waals surface area (Å²) in [6, 6.07) is 10.2. The van der Waals surface area contributed by atoms with Crippen molar-refractivity contribution < 1.29 is 14.3 Å². The van der Waals surface area contributed by atoms with Crippen LogP contribution in [-0.2, 0) is 33.8 Å². The minimum atomic E-state index is -0.379. The molecule has 1 aromatic carbocycles. The summed E-state index contributed by atoms with van der Waals surface area (Å²) in [5.41, 5.74) is 1.26. The van der Waals surface area contributed by atoms with E-state index in [4.69, 9.17) is 4.74 Å². The van der Waals surface area contributed by atoms with Crippen molar-refractivity contribution in [2.75, 3.05) is 6.61 Å². The van der Waals surface area contributed by atoms with Crippen LogP contribution in [0.5, 0.6) is 0 Å². The SMILES string of the molecule is O=C1CC(C(=O)NCc2nccn2CCc2ccccc2)CO1. The molecule has 0 spiro atoms. The third-order valence-electron chi connectivity index (χ3n) is 3.94. The molecule has 1 aliphatic rings. The van der Waals surface area contributed by atoms with E-state index in [1.165, 1.54) is 5.56 Å². The van der Waals surface area contributed by atoms with Crippen molar-refractivity contribution in [2.45, 2.75) is 25.9 Å². The van der Waals surface area contributed by atoms with Crippen LogP contribution in [0.3, 0.4) is 0 Å². The average molecular weight is 313 g/mol. The summed E-state index contributed by atoms with van der Waals surface area (Å²) in [5, 5.41) is 2.83. The number of imidazole rings is 1. The van der Waals surface area contributed by atoms with Crippen LogP contribution in [-0.4, -0.2) is 28.0 Å². The number of nitrogens with zero attached hydrogens (tertiary/aromatic N) is 2. The van der Waals surface area contributed by atoms with Crippen LogP contribution < -0.4 is 5.32 Å². The van der Waals surface area contributed by atoms with Crippen LogP contribution in [0.2, 0.25) is 0 Å². The number of benzene rings is 1. The van der Waals surface area contributed by atoms with E-state index in [9.17, 15) is 9.59 Å². The fraction of sp³-hybridized carbons (Fsp3) is 0.353. The van der Waals surface area contributed by atoms with Gasteiger partial charge in [-0.3, -0.25) is 9.59 Å². The molecule has 0 aliphatic carbocycles. The lowest BCUT2D eigenvalue weighted by atomic mass is 10.1. The molecule has 0 radical (unpaired) electrons. The number of nitrogens with one attached hydrogen (secondary N) is 1. The second-order valence-electron chi connectivity index (χ2n) is 5.57. The maximum atomic E-state index is 12.0. The first-order valence-corrected chi connectivity index (χ1v) is 7.69. The lowest BCUT2D eigenvalue weighted by Crippen LogP contribution is -2.31. The smallest absolute Gasteiger partial charge is 0.306 e. The van der Waals surface area contributed by atoms with Gasteiger partial charge in [-0.15, -0.1) is 0 Å². The van der Waals surface area contributed by atoms with E-state index in [2.05, 4.69) is 22.4 Å². The van der Waals surface area contributed by atoms with Crippen LogP contribution >= 0.6 is 0 Å². The van der Waals surface area contributed by atoms with Gasteiger partial charge in [-0.25, -0.2) is 4.98 Å². The minimum absolute atomic E-state index is 0.159. The van der Waals surface area contributed by atoms with Gasteiger partial charge < -0.3 is 14.6 Å². The topological polar surface area (TPSA) is 73.2 Å². The number of carbonyl (C=O) groups is 2. The number of cyclic esters (lactones) is 1. The van der Waals surface area contributed by atoms with Crippen molar-refractivity contribution in [3.05, 3.63) is 54.1 Å². The molecule has 1 atom stereocenters. The molecule has 120 valence electrons. The summed E-state index contributed by atoms with van der Waals surface area (Å²) < 4.78 is 6.85. The standard InChI is InChI=1S/C17H19N3O3/c21-16-10-14(12-23-16)17(22)19-11-15-18-7-9-20(15)8-6-13-4-2-1-3-5-13/h1-5,7,9,14H,6,8,10-12H2,(H,19,22). The Morgan fingerprint density at radius 1 is 1.35 bits per heavy atom. The maximum Gasteiger partial charge on any atom is 0.306 e. The molecule has 1 N–H and O–H groups in total. The number of rotatable bonds is 6. The monoisotopic (exact) mass is 313 g/mol. The second-order valence-corrected chi connectivity index (χ2v) is 5.57. The lowest BCUT2D eigenvalue weighted by molar-refractivity contribution is -0.137. The van der Waals surface area contributed by atoms with Gasteiger partial charge in [-0.05, 0) is 12.0 Å². The van der Waals surface area contributed by atoms with Gasteiger partial charge in [0, 0.05) is 18.9 Å². The van der Waals surface area contributed by atoms with Gasteiger partial charge in [0.05, 0.1) is 18.9 Å². The van der Waals surface area contributed by atoms with Gasteiger partial charge in [-0.1, -0.05) is 30.3 Å². The predicted octanol–water partition coefficient (Wildman–Crippen LogP) is 1.31. The average Bonchev–Trinajstić information content (AvgIpc) is 3.20. The molecule has 23 heavy (non-hydrogen) atoms. The Hall–Kier alpha value is -2.63. The van der Waals surface area contributed by atoms with Crippen molar-refractivity contribution >= 4 is 11.9 Å². The first-order valence-electron chi connectivity index (χ1n) is 7.69. The Balaban J connectivity index is 1.52. The fourth-order valence-electron chi connectivity index (χ4n) is 2.60. The van der Waals surface area contributed by atoms with E-state index < -0.39 is 0 Å². The Morgan fingerprint density at radius 2 is 2.17 bits per heavy atom. The molecule has 2 aromatic rings. The van der Waals surface area contributed by atoms with E-state index in [1.807, 2.05) is 29.0 Å². The highest BCUT2D eigenvalue weighted by atomic mass is 16.5. The molecule has 1 fully saturated rings. The van der Waals surface area contributed by atoms with E-state index in [-0.39, 0.29) is 30.8 Å². The second kappa shape index (κ2) is 7.09. The quantitative estimate of drug-likeness (QED) is 0.816. The molecule has 1 saturated heterocycles. The third-order valence-corrected chi connectivity index (χ3v) is 3.94. The van der Waals surface area contributed by atoms with Gasteiger partial charge in [0.2, 0.25) is 5.91 Å². The Kier molecular flexibility index (Phi) is 4.71. The Morgan fingerprint density at radius 3 is 2.91 bits per heavy atom. The zero-order valence-electron chi connectivity index (χ0n) is 12.8. The molecule has 1 aliphatic heterocycles. The zero-order valence-corrected chi connectivity index (χ0v) is 12.8. The summed E-state index contributed by atoms with van der Waals surface area (Å²) in [6.45, 7) is 1.33. The predicted molar refractivity (Wildman–Crippen MR) is 83.3 cm³/mol. The van der Waals surface area contributed by atoms with Gasteiger partial charge in [0.25, 0.3) is 0 Å². The molecule has 6 heteroatoms. The fourth-order valence-corrected chi connectivity index (χ4v) is 2.60. The molecule has 6 nitrogen and oxygen atoms in total. The summed E-state index contributed by atoms with van der Waals surface area (Å²) in [4.78, 5) is 27.3. The minimum Gasteiger partial charge on any atom is -0.465 e. The highest BCUT2D eigenvalue weighted by Crippen LogP contribution is 2.14. The van der Waals surface area contributed by atoms with Crippen molar-refractivity contribution in [3.8, 4) is 0 Å². The van der Waals surface area contributed by atoms with Crippen LogP contribution in [0.15, 0.2) is 42.7 Å². The van der Waals surface area contributed by atoms with Crippen molar-refractivity contribution in [3.63, 3.8) is 0 Å². The zero-order chi connectivity index (χ0) is 16.1. The van der Waals surface area contributed by atoms with Gasteiger partial charge >= 0.3 is 5.97 Å². The van der Waals surface area contributed by atoms with Gasteiger partial charge in [0.15, 0.2) is 0 Å². The number of carbonyl (C=O) groups excluding carboxylic acids is 2. The molecule has 1 unspecified atom stereocenters. The molecule has 1 aromatic heterocycles. The Bertz CT molecular complexity index is 681. The molecule has 0 bridgehead atoms. The third kappa shape index (κ3) is 3.97. The van der Waals surface area contributed by atoms with Crippen molar-refractivity contribution in [1.29, 1.82) is 0 Å². The number of aryl methyl sites for hydroxylation is 2.